The molecular formula is C24H31N3O3S. The molecule has 3 rings (SSSR count). The van der Waals surface area contributed by atoms with Crippen LogP contribution in [0.3, 0.4) is 0 Å². The smallest absolute Gasteiger partial charge is 0.227 e. The van der Waals surface area contributed by atoms with Crippen molar-refractivity contribution in [2.75, 3.05) is 30.0 Å². The summed E-state index contributed by atoms with van der Waals surface area (Å²) >= 11 is 5.52. The molecule has 0 aliphatic carbocycles. The quantitative estimate of drug-likeness (QED) is 0.564. The molecule has 1 heterocycles. The van der Waals surface area contributed by atoms with Gasteiger partial charge in [-0.1, -0.05) is 6.07 Å². The Hall–Kier alpha value is -2.80. The zero-order valence-corrected chi connectivity index (χ0v) is 19.5. The monoisotopic (exact) mass is 441 g/mol. The summed E-state index contributed by atoms with van der Waals surface area (Å²) in [5, 5.41) is 7.10. The Morgan fingerprint density at radius 2 is 1.87 bits per heavy atom. The first-order valence-corrected chi connectivity index (χ1v) is 11.2. The van der Waals surface area contributed by atoms with Crippen LogP contribution < -0.4 is 25.0 Å². The molecule has 166 valence electrons. The number of nitrogens with one attached hydrogen (secondary N) is 2. The van der Waals surface area contributed by atoms with Gasteiger partial charge in [-0.2, -0.15) is 0 Å². The van der Waals surface area contributed by atoms with E-state index in [1.165, 1.54) is 0 Å². The van der Waals surface area contributed by atoms with Gasteiger partial charge in [-0.25, -0.2) is 0 Å². The van der Waals surface area contributed by atoms with Gasteiger partial charge in [0.2, 0.25) is 5.91 Å². The normalized spacial score (nSPS) is 14.3. The van der Waals surface area contributed by atoms with Crippen LogP contribution in [0.5, 0.6) is 11.5 Å². The van der Waals surface area contributed by atoms with Gasteiger partial charge in [0.15, 0.2) is 16.6 Å². The molecular weight excluding hydrogens is 410 g/mol. The summed E-state index contributed by atoms with van der Waals surface area (Å²) in [6.45, 7) is 9.92. The highest BCUT2D eigenvalue weighted by molar-refractivity contribution is 7.80. The minimum absolute atomic E-state index is 0.0162. The van der Waals surface area contributed by atoms with E-state index in [9.17, 15) is 4.79 Å². The first-order valence-electron chi connectivity index (χ1n) is 10.8. The van der Waals surface area contributed by atoms with E-state index in [0.717, 1.165) is 47.0 Å². The largest absolute Gasteiger partial charge is 0.490 e. The molecule has 0 bridgehead atoms. The van der Waals surface area contributed by atoms with Crippen molar-refractivity contribution in [1.82, 2.24) is 5.32 Å². The van der Waals surface area contributed by atoms with Crippen molar-refractivity contribution in [1.29, 1.82) is 0 Å². The Kier molecular flexibility index (Phi) is 7.74. The maximum Gasteiger partial charge on any atom is 0.227 e. The second-order valence-electron chi connectivity index (χ2n) is 7.54. The minimum atomic E-state index is -0.0162. The molecule has 0 spiro atoms. The average Bonchev–Trinajstić information content (AvgIpc) is 3.15. The molecule has 6 nitrogen and oxygen atoms in total. The van der Waals surface area contributed by atoms with Gasteiger partial charge in [-0.3, -0.25) is 4.79 Å². The van der Waals surface area contributed by atoms with E-state index in [1.807, 2.05) is 69.0 Å². The Balaban J connectivity index is 1.64. The second kappa shape index (κ2) is 10.5. The summed E-state index contributed by atoms with van der Waals surface area (Å²) in [5.41, 5.74) is 3.96. The molecule has 0 aromatic heterocycles. The van der Waals surface area contributed by atoms with E-state index < -0.39 is 0 Å². The van der Waals surface area contributed by atoms with Crippen LogP contribution in [0.1, 0.15) is 50.8 Å². The Labute approximate surface area is 189 Å². The molecule has 1 saturated heterocycles. The maximum absolute atomic E-state index is 12.0. The number of rotatable bonds is 8. The van der Waals surface area contributed by atoms with Gasteiger partial charge in [0.25, 0.3) is 0 Å². The predicted molar refractivity (Wildman–Crippen MR) is 129 cm³/mol. The molecule has 7 heteroatoms. The lowest BCUT2D eigenvalue weighted by molar-refractivity contribution is -0.117. The van der Waals surface area contributed by atoms with Gasteiger partial charge in [-0.05, 0) is 87.8 Å². The Morgan fingerprint density at radius 1 is 1.13 bits per heavy atom. The molecule has 1 amide bonds. The molecule has 2 aromatic rings. The molecule has 0 saturated carbocycles. The summed E-state index contributed by atoms with van der Waals surface area (Å²) in [4.78, 5) is 13.9. The molecule has 0 radical (unpaired) electrons. The van der Waals surface area contributed by atoms with Gasteiger partial charge in [0.05, 0.1) is 19.3 Å². The standard InChI is InChI=1S/C24H31N3O3S/c1-5-29-21-12-9-18(15-22(21)30-6-2)17(4)25-24(31)26-19-10-11-20(16(3)14-19)27-13-7-8-23(27)28/h9-12,14-15,17H,5-8,13H2,1-4H3,(H2,25,26,31). The number of benzene rings is 2. The van der Waals surface area contributed by atoms with Crippen molar-refractivity contribution < 1.29 is 14.3 Å². The number of hydrogen-bond donors (Lipinski definition) is 2. The van der Waals surface area contributed by atoms with E-state index in [1.54, 1.807) is 0 Å². The molecule has 1 atom stereocenters. The highest BCUT2D eigenvalue weighted by Gasteiger charge is 2.23. The second-order valence-corrected chi connectivity index (χ2v) is 7.95. The highest BCUT2D eigenvalue weighted by Crippen LogP contribution is 2.31. The molecule has 31 heavy (non-hydrogen) atoms. The van der Waals surface area contributed by atoms with Crippen LogP contribution in [0.15, 0.2) is 36.4 Å². The van der Waals surface area contributed by atoms with E-state index >= 15 is 0 Å². The number of thiocarbonyl (C=S) groups is 1. The van der Waals surface area contributed by atoms with Gasteiger partial charge in [-0.15, -0.1) is 0 Å². The van der Waals surface area contributed by atoms with Crippen molar-refractivity contribution in [2.24, 2.45) is 0 Å². The van der Waals surface area contributed by atoms with Crippen molar-refractivity contribution >= 4 is 34.6 Å². The van der Waals surface area contributed by atoms with Crippen LogP contribution >= 0.6 is 12.2 Å². The molecule has 1 aliphatic rings. The fourth-order valence-corrected chi connectivity index (χ4v) is 4.02. The predicted octanol–water partition coefficient (Wildman–Crippen LogP) is 4.97. The highest BCUT2D eigenvalue weighted by atomic mass is 32.1. The molecule has 2 aromatic carbocycles. The van der Waals surface area contributed by atoms with E-state index in [0.29, 0.717) is 24.7 Å². The molecule has 1 fully saturated rings. The van der Waals surface area contributed by atoms with Gasteiger partial charge in [0, 0.05) is 24.3 Å². The zero-order chi connectivity index (χ0) is 22.4. The van der Waals surface area contributed by atoms with Crippen LogP contribution in [0.2, 0.25) is 0 Å². The van der Waals surface area contributed by atoms with E-state index in [4.69, 9.17) is 21.7 Å². The number of anilines is 2. The summed E-state index contributed by atoms with van der Waals surface area (Å²) in [7, 11) is 0. The number of carbonyl (C=O) groups excluding carboxylic acids is 1. The van der Waals surface area contributed by atoms with E-state index in [-0.39, 0.29) is 11.9 Å². The summed E-state index contributed by atoms with van der Waals surface area (Å²) in [5.74, 6) is 1.67. The van der Waals surface area contributed by atoms with Crippen LogP contribution in [0.25, 0.3) is 0 Å². The number of aryl methyl sites for hydroxylation is 1. The average molecular weight is 442 g/mol. The summed E-state index contributed by atoms with van der Waals surface area (Å²) in [6, 6.07) is 11.9. The third-order valence-electron chi connectivity index (χ3n) is 5.23. The molecule has 2 N–H and O–H groups in total. The SMILES string of the molecule is CCOc1ccc(C(C)NC(=S)Nc2ccc(N3CCCC3=O)c(C)c2)cc1OCC. The van der Waals surface area contributed by atoms with Crippen molar-refractivity contribution in [3.63, 3.8) is 0 Å². The number of amides is 1. The topological polar surface area (TPSA) is 62.8 Å². The fourth-order valence-electron chi connectivity index (χ4n) is 3.72. The Morgan fingerprint density at radius 3 is 2.52 bits per heavy atom. The number of carbonyl (C=O) groups is 1. The molecule has 1 aliphatic heterocycles. The van der Waals surface area contributed by atoms with Crippen LogP contribution in [0.4, 0.5) is 11.4 Å². The summed E-state index contributed by atoms with van der Waals surface area (Å²) in [6.07, 6.45) is 1.54. The minimum Gasteiger partial charge on any atom is -0.490 e. The maximum atomic E-state index is 12.0. The van der Waals surface area contributed by atoms with Gasteiger partial charge < -0.3 is 25.0 Å². The lowest BCUT2D eigenvalue weighted by Gasteiger charge is -2.21. The Bertz CT molecular complexity index is 948. The van der Waals surface area contributed by atoms with Crippen molar-refractivity contribution in [3.05, 3.63) is 47.5 Å². The third-order valence-corrected chi connectivity index (χ3v) is 5.45. The van der Waals surface area contributed by atoms with Crippen LogP contribution in [-0.2, 0) is 4.79 Å². The summed E-state index contributed by atoms with van der Waals surface area (Å²) < 4.78 is 11.4. The first-order chi connectivity index (χ1) is 14.9. The zero-order valence-electron chi connectivity index (χ0n) is 18.7. The molecule has 1 unspecified atom stereocenters. The fraction of sp³-hybridized carbons (Fsp3) is 0.417. The first kappa shape index (κ1) is 22.9. The number of nitrogens with zero attached hydrogens (tertiary/aromatic N) is 1. The van der Waals surface area contributed by atoms with E-state index in [2.05, 4.69) is 10.6 Å². The van der Waals surface area contributed by atoms with Gasteiger partial charge in [0.1, 0.15) is 0 Å². The van der Waals surface area contributed by atoms with Crippen molar-refractivity contribution in [3.8, 4) is 11.5 Å². The van der Waals surface area contributed by atoms with Crippen molar-refractivity contribution in [2.45, 2.75) is 46.6 Å². The lowest BCUT2D eigenvalue weighted by atomic mass is 10.1. The third kappa shape index (κ3) is 5.67. The van der Waals surface area contributed by atoms with Crippen LogP contribution in [-0.4, -0.2) is 30.8 Å². The number of ether oxygens (including phenoxy) is 2. The lowest BCUT2D eigenvalue weighted by Crippen LogP contribution is -2.31. The van der Waals surface area contributed by atoms with Crippen LogP contribution in [0, 0.1) is 6.92 Å². The van der Waals surface area contributed by atoms with Gasteiger partial charge >= 0.3 is 0 Å². The number of hydrogen-bond acceptors (Lipinski definition) is 4.